The van der Waals surface area contributed by atoms with Crippen LogP contribution in [0.5, 0.6) is 0 Å². The van der Waals surface area contributed by atoms with Gasteiger partial charge in [0.05, 0.1) is 0 Å². The molecule has 2 aromatic carbocycles. The molecule has 0 radical (unpaired) electrons. The summed E-state index contributed by atoms with van der Waals surface area (Å²) in [7, 11) is 0. The van der Waals surface area contributed by atoms with E-state index >= 15 is 0 Å². The molecule has 1 heterocycles. The lowest BCUT2D eigenvalue weighted by molar-refractivity contribution is -0.121. The first kappa shape index (κ1) is 14.9. The average Bonchev–Trinajstić information content (AvgIpc) is 2.93. The van der Waals surface area contributed by atoms with E-state index in [9.17, 15) is 4.79 Å². The van der Waals surface area contributed by atoms with Gasteiger partial charge < -0.3 is 9.88 Å². The van der Waals surface area contributed by atoms with Crippen molar-refractivity contribution >= 4 is 32.7 Å². The fourth-order valence-corrected chi connectivity index (χ4v) is 3.01. The predicted molar refractivity (Wildman–Crippen MR) is 92.8 cm³/mol. The number of amides is 1. The van der Waals surface area contributed by atoms with Gasteiger partial charge >= 0.3 is 0 Å². The molecule has 1 amide bonds. The zero-order valence-electron chi connectivity index (χ0n) is 12.1. The Morgan fingerprint density at radius 3 is 2.68 bits per heavy atom. The highest BCUT2D eigenvalue weighted by molar-refractivity contribution is 9.10. The highest BCUT2D eigenvalue weighted by Gasteiger charge is 2.07. The Morgan fingerprint density at radius 2 is 1.86 bits per heavy atom. The standard InChI is InChI=1S/C18H17BrN2O/c19-16-7-4-8-17-15(16)10-12-21(17)13-18(22)20-11-9-14-5-2-1-3-6-14/h1-8,10,12H,9,11,13H2,(H,20,22). The Balaban J connectivity index is 1.58. The van der Waals surface area contributed by atoms with Crippen LogP contribution in [-0.4, -0.2) is 17.0 Å². The van der Waals surface area contributed by atoms with Gasteiger partial charge in [-0.25, -0.2) is 0 Å². The smallest absolute Gasteiger partial charge is 0.239 e. The van der Waals surface area contributed by atoms with Crippen molar-refractivity contribution in [3.8, 4) is 0 Å². The zero-order valence-corrected chi connectivity index (χ0v) is 13.7. The third-order valence-electron chi connectivity index (χ3n) is 3.65. The number of benzene rings is 2. The van der Waals surface area contributed by atoms with Gasteiger partial charge in [0, 0.05) is 28.1 Å². The molecule has 0 bridgehead atoms. The van der Waals surface area contributed by atoms with Crippen LogP contribution >= 0.6 is 15.9 Å². The Labute approximate surface area is 138 Å². The van der Waals surface area contributed by atoms with Crippen LogP contribution in [0.2, 0.25) is 0 Å². The number of nitrogens with zero attached hydrogens (tertiary/aromatic N) is 1. The lowest BCUT2D eigenvalue weighted by Gasteiger charge is -2.08. The molecule has 1 N–H and O–H groups in total. The van der Waals surface area contributed by atoms with Crippen LogP contribution in [0.25, 0.3) is 10.9 Å². The maximum absolute atomic E-state index is 12.1. The maximum Gasteiger partial charge on any atom is 0.239 e. The van der Waals surface area contributed by atoms with E-state index < -0.39 is 0 Å². The van der Waals surface area contributed by atoms with Crippen molar-refractivity contribution in [2.24, 2.45) is 0 Å². The van der Waals surface area contributed by atoms with E-state index in [1.54, 1.807) is 0 Å². The third-order valence-corrected chi connectivity index (χ3v) is 4.34. The number of aromatic nitrogens is 1. The van der Waals surface area contributed by atoms with Gasteiger partial charge in [-0.1, -0.05) is 52.3 Å². The van der Waals surface area contributed by atoms with Crippen LogP contribution in [-0.2, 0) is 17.8 Å². The molecular weight excluding hydrogens is 340 g/mol. The number of fused-ring (bicyclic) bond motifs is 1. The van der Waals surface area contributed by atoms with E-state index in [-0.39, 0.29) is 5.91 Å². The van der Waals surface area contributed by atoms with E-state index in [0.29, 0.717) is 13.1 Å². The SMILES string of the molecule is O=C(Cn1ccc2c(Br)cccc21)NCCc1ccccc1. The lowest BCUT2D eigenvalue weighted by atomic mass is 10.1. The van der Waals surface area contributed by atoms with Crippen LogP contribution in [0.1, 0.15) is 5.56 Å². The van der Waals surface area contributed by atoms with Gasteiger partial charge in [0.15, 0.2) is 0 Å². The molecule has 3 nitrogen and oxygen atoms in total. The first-order valence-corrected chi connectivity index (χ1v) is 8.07. The highest BCUT2D eigenvalue weighted by atomic mass is 79.9. The van der Waals surface area contributed by atoms with Crippen molar-refractivity contribution in [2.75, 3.05) is 6.54 Å². The molecule has 112 valence electrons. The Bertz CT molecular complexity index is 780. The van der Waals surface area contributed by atoms with Gasteiger partial charge in [-0.2, -0.15) is 0 Å². The van der Waals surface area contributed by atoms with Crippen LogP contribution in [0.15, 0.2) is 65.3 Å². The van der Waals surface area contributed by atoms with Crippen LogP contribution in [0, 0.1) is 0 Å². The quantitative estimate of drug-likeness (QED) is 0.741. The van der Waals surface area contributed by atoms with Crippen molar-refractivity contribution in [3.05, 3.63) is 70.8 Å². The summed E-state index contributed by atoms with van der Waals surface area (Å²) in [5.41, 5.74) is 2.30. The van der Waals surface area contributed by atoms with Gasteiger partial charge in [0.2, 0.25) is 5.91 Å². The van der Waals surface area contributed by atoms with Crippen molar-refractivity contribution in [2.45, 2.75) is 13.0 Å². The van der Waals surface area contributed by atoms with Gasteiger partial charge in [0.1, 0.15) is 6.54 Å². The number of carbonyl (C=O) groups is 1. The van der Waals surface area contributed by atoms with Gasteiger partial charge in [-0.15, -0.1) is 0 Å². The minimum Gasteiger partial charge on any atom is -0.354 e. The first-order valence-electron chi connectivity index (χ1n) is 7.28. The number of halogens is 1. The molecule has 3 rings (SSSR count). The second-order valence-corrected chi connectivity index (χ2v) is 6.06. The van der Waals surface area contributed by atoms with Gasteiger partial charge in [-0.05, 0) is 30.2 Å². The van der Waals surface area contributed by atoms with Crippen LogP contribution in [0.4, 0.5) is 0 Å². The average molecular weight is 357 g/mol. The minimum atomic E-state index is 0.0356. The number of rotatable bonds is 5. The van der Waals surface area contributed by atoms with E-state index in [1.165, 1.54) is 5.56 Å². The molecule has 1 aromatic heterocycles. The Kier molecular flexibility index (Phi) is 4.59. The summed E-state index contributed by atoms with van der Waals surface area (Å²) in [5, 5.41) is 4.10. The first-order chi connectivity index (χ1) is 10.7. The Morgan fingerprint density at radius 1 is 1.05 bits per heavy atom. The summed E-state index contributed by atoms with van der Waals surface area (Å²) in [5.74, 6) is 0.0356. The molecule has 0 saturated heterocycles. The number of carbonyl (C=O) groups excluding carboxylic acids is 1. The predicted octanol–water partition coefficient (Wildman–Crippen LogP) is 3.76. The van der Waals surface area contributed by atoms with Gasteiger partial charge in [0.25, 0.3) is 0 Å². The summed E-state index contributed by atoms with van der Waals surface area (Å²) in [6, 6.07) is 18.2. The molecule has 0 unspecified atom stereocenters. The summed E-state index contributed by atoms with van der Waals surface area (Å²) in [6.07, 6.45) is 2.80. The highest BCUT2D eigenvalue weighted by Crippen LogP contribution is 2.24. The van der Waals surface area contributed by atoms with E-state index in [1.807, 2.05) is 53.2 Å². The number of hydrogen-bond donors (Lipinski definition) is 1. The molecule has 3 aromatic rings. The zero-order chi connectivity index (χ0) is 15.4. The van der Waals surface area contributed by atoms with E-state index in [0.717, 1.165) is 21.8 Å². The second-order valence-electron chi connectivity index (χ2n) is 5.20. The van der Waals surface area contributed by atoms with Crippen LogP contribution in [0.3, 0.4) is 0 Å². The summed E-state index contributed by atoms with van der Waals surface area (Å²) in [4.78, 5) is 12.1. The fourth-order valence-electron chi connectivity index (χ4n) is 2.53. The fraction of sp³-hybridized carbons (Fsp3) is 0.167. The van der Waals surface area contributed by atoms with Crippen molar-refractivity contribution in [1.29, 1.82) is 0 Å². The molecule has 0 aliphatic rings. The van der Waals surface area contributed by atoms with Gasteiger partial charge in [-0.3, -0.25) is 4.79 Å². The van der Waals surface area contributed by atoms with Crippen molar-refractivity contribution in [1.82, 2.24) is 9.88 Å². The molecule has 0 aliphatic carbocycles. The Hall–Kier alpha value is -2.07. The summed E-state index contributed by atoms with van der Waals surface area (Å²) >= 11 is 3.53. The molecule has 0 saturated carbocycles. The third kappa shape index (κ3) is 3.39. The maximum atomic E-state index is 12.1. The van der Waals surface area contributed by atoms with Crippen molar-refractivity contribution in [3.63, 3.8) is 0 Å². The summed E-state index contributed by atoms with van der Waals surface area (Å²) < 4.78 is 3.02. The summed E-state index contributed by atoms with van der Waals surface area (Å²) in [6.45, 7) is 1.00. The monoisotopic (exact) mass is 356 g/mol. The molecule has 0 spiro atoms. The van der Waals surface area contributed by atoms with Crippen molar-refractivity contribution < 1.29 is 4.79 Å². The van der Waals surface area contributed by atoms with E-state index in [4.69, 9.17) is 0 Å². The molecule has 0 fully saturated rings. The molecule has 0 atom stereocenters. The number of nitrogens with one attached hydrogen (secondary N) is 1. The van der Waals surface area contributed by atoms with E-state index in [2.05, 4.69) is 33.4 Å². The lowest BCUT2D eigenvalue weighted by Crippen LogP contribution is -2.29. The number of hydrogen-bond acceptors (Lipinski definition) is 1. The molecule has 4 heteroatoms. The topological polar surface area (TPSA) is 34.0 Å². The normalized spacial score (nSPS) is 10.8. The molecule has 22 heavy (non-hydrogen) atoms. The molecule has 0 aliphatic heterocycles. The minimum absolute atomic E-state index is 0.0356. The second kappa shape index (κ2) is 6.79. The largest absolute Gasteiger partial charge is 0.354 e. The van der Waals surface area contributed by atoms with Crippen LogP contribution < -0.4 is 5.32 Å². The molecular formula is C18H17BrN2O.